The minimum Gasteiger partial charge on any atom is -0.338 e. The molecule has 1 heterocycles. The van der Waals surface area contributed by atoms with Crippen molar-refractivity contribution < 1.29 is 13.2 Å². The number of allylic oxidation sites excluding steroid dienone is 2. The molecule has 23 heavy (non-hydrogen) atoms. The maximum atomic E-state index is 11.9. The molecule has 2 aliphatic rings. The zero-order chi connectivity index (χ0) is 16.7. The van der Waals surface area contributed by atoms with Crippen LogP contribution in [0, 0.1) is 5.92 Å². The van der Waals surface area contributed by atoms with E-state index in [0.717, 1.165) is 38.5 Å². The van der Waals surface area contributed by atoms with Crippen molar-refractivity contribution in [2.75, 3.05) is 25.9 Å². The van der Waals surface area contributed by atoms with Gasteiger partial charge in [0, 0.05) is 25.7 Å². The van der Waals surface area contributed by atoms with Crippen LogP contribution in [0.25, 0.3) is 0 Å². The van der Waals surface area contributed by atoms with E-state index in [2.05, 4.69) is 22.8 Å². The second-order valence-electron chi connectivity index (χ2n) is 6.61. The van der Waals surface area contributed by atoms with Crippen LogP contribution in [0.15, 0.2) is 12.2 Å². The molecule has 2 rings (SSSR count). The normalized spacial score (nSPS) is 27.9. The molecule has 0 spiro atoms. The lowest BCUT2D eigenvalue weighted by Gasteiger charge is -2.23. The molecule has 0 aromatic rings. The maximum absolute atomic E-state index is 11.9. The van der Waals surface area contributed by atoms with Gasteiger partial charge < -0.3 is 10.6 Å². The van der Waals surface area contributed by atoms with E-state index in [1.165, 1.54) is 17.0 Å². The van der Waals surface area contributed by atoms with Gasteiger partial charge in [-0.2, -0.15) is 4.31 Å². The quantitative estimate of drug-likeness (QED) is 0.748. The van der Waals surface area contributed by atoms with Crippen LogP contribution in [0.1, 0.15) is 44.9 Å². The van der Waals surface area contributed by atoms with Crippen LogP contribution >= 0.6 is 0 Å². The third-order valence-corrected chi connectivity index (χ3v) is 6.02. The van der Waals surface area contributed by atoms with Crippen LogP contribution in [0.3, 0.4) is 0 Å². The van der Waals surface area contributed by atoms with Crippen molar-refractivity contribution in [2.24, 2.45) is 5.92 Å². The Kier molecular flexibility index (Phi) is 6.89. The number of urea groups is 1. The van der Waals surface area contributed by atoms with E-state index >= 15 is 0 Å². The highest BCUT2D eigenvalue weighted by Crippen LogP contribution is 2.20. The average Bonchev–Trinajstić information content (AvgIpc) is 2.92. The number of carbonyl (C=O) groups is 1. The molecule has 7 heteroatoms. The summed E-state index contributed by atoms with van der Waals surface area (Å²) in [4.78, 5) is 11.9. The summed E-state index contributed by atoms with van der Waals surface area (Å²) in [6.45, 7) is 1.63. The lowest BCUT2D eigenvalue weighted by atomic mass is 9.94. The van der Waals surface area contributed by atoms with E-state index in [9.17, 15) is 13.2 Å². The number of hydrogen-bond donors (Lipinski definition) is 2. The molecule has 0 aromatic heterocycles. The van der Waals surface area contributed by atoms with E-state index in [1.807, 2.05) is 0 Å². The molecule has 132 valence electrons. The van der Waals surface area contributed by atoms with E-state index in [-0.39, 0.29) is 12.1 Å². The highest BCUT2D eigenvalue weighted by atomic mass is 32.2. The van der Waals surface area contributed by atoms with Gasteiger partial charge in [-0.3, -0.25) is 0 Å². The monoisotopic (exact) mass is 343 g/mol. The van der Waals surface area contributed by atoms with E-state index in [0.29, 0.717) is 25.6 Å². The van der Waals surface area contributed by atoms with Gasteiger partial charge in [-0.1, -0.05) is 12.2 Å². The lowest BCUT2D eigenvalue weighted by molar-refractivity contribution is 0.235. The van der Waals surface area contributed by atoms with Gasteiger partial charge in [0.05, 0.1) is 6.26 Å². The Morgan fingerprint density at radius 1 is 1.09 bits per heavy atom. The third-order valence-electron chi connectivity index (χ3n) is 4.69. The average molecular weight is 343 g/mol. The predicted octanol–water partition coefficient (Wildman–Crippen LogP) is 1.85. The van der Waals surface area contributed by atoms with Gasteiger partial charge in [0.25, 0.3) is 0 Å². The van der Waals surface area contributed by atoms with Gasteiger partial charge in [-0.15, -0.1) is 0 Å². The van der Waals surface area contributed by atoms with Crippen LogP contribution in [0.4, 0.5) is 4.79 Å². The topological polar surface area (TPSA) is 78.5 Å². The van der Waals surface area contributed by atoms with Gasteiger partial charge in [-0.25, -0.2) is 13.2 Å². The van der Waals surface area contributed by atoms with Gasteiger partial charge in [0.1, 0.15) is 0 Å². The Labute approximate surface area is 139 Å². The third kappa shape index (κ3) is 6.14. The Balaban J connectivity index is 1.69. The highest BCUT2D eigenvalue weighted by Gasteiger charge is 2.31. The zero-order valence-electron chi connectivity index (χ0n) is 14.0. The molecule has 0 radical (unpaired) electrons. The van der Waals surface area contributed by atoms with Crippen LogP contribution < -0.4 is 10.6 Å². The molecule has 1 saturated heterocycles. The first kappa shape index (κ1) is 18.3. The first-order valence-electron chi connectivity index (χ1n) is 8.60. The van der Waals surface area contributed by atoms with Crippen molar-refractivity contribution >= 4 is 16.1 Å². The summed E-state index contributed by atoms with van der Waals surface area (Å²) in [5.41, 5.74) is 0. The highest BCUT2D eigenvalue weighted by molar-refractivity contribution is 7.88. The van der Waals surface area contributed by atoms with E-state index in [4.69, 9.17) is 0 Å². The molecule has 0 bridgehead atoms. The molecule has 1 unspecified atom stereocenters. The van der Waals surface area contributed by atoms with Crippen molar-refractivity contribution in [3.63, 3.8) is 0 Å². The molecule has 0 saturated carbocycles. The molecule has 1 aliphatic heterocycles. The summed E-state index contributed by atoms with van der Waals surface area (Å²) in [5, 5.41) is 5.76. The standard InChI is InChI=1S/C16H29N3O3S/c1-23(21,22)19-11-7-10-15(19)13-18-16(20)17-12-14-8-5-3-2-4-6-9-14/h2-3,14-15H,4-13H2,1H3,(H2,17,18,20)/b3-2-/t14?,15-/m1/s1. The molecule has 2 atom stereocenters. The first-order chi connectivity index (χ1) is 11.0. The number of carbonyl (C=O) groups excluding carboxylic acids is 1. The summed E-state index contributed by atoms with van der Waals surface area (Å²) in [6.07, 6.45) is 13.0. The van der Waals surface area contributed by atoms with E-state index in [1.54, 1.807) is 0 Å². The Morgan fingerprint density at radius 2 is 1.83 bits per heavy atom. The van der Waals surface area contributed by atoms with Crippen molar-refractivity contribution in [3.8, 4) is 0 Å². The minimum atomic E-state index is -3.18. The first-order valence-corrected chi connectivity index (χ1v) is 10.4. The summed E-state index contributed by atoms with van der Waals surface area (Å²) in [6, 6.07) is -0.301. The largest absolute Gasteiger partial charge is 0.338 e. The molecular weight excluding hydrogens is 314 g/mol. The Hall–Kier alpha value is -1.08. The SMILES string of the molecule is CS(=O)(=O)N1CCC[C@@H]1CNC(=O)NCC1CC/C=C\CCC1. The maximum Gasteiger partial charge on any atom is 0.314 e. The van der Waals surface area contributed by atoms with Crippen LogP contribution in [-0.4, -0.2) is 50.7 Å². The predicted molar refractivity (Wildman–Crippen MR) is 91.7 cm³/mol. The fourth-order valence-corrected chi connectivity index (χ4v) is 4.58. The molecular formula is C16H29N3O3S. The summed E-state index contributed by atoms with van der Waals surface area (Å²) in [5.74, 6) is 0.532. The second-order valence-corrected chi connectivity index (χ2v) is 8.54. The van der Waals surface area contributed by atoms with Gasteiger partial charge in [0.15, 0.2) is 0 Å². The van der Waals surface area contributed by atoms with Crippen LogP contribution in [-0.2, 0) is 10.0 Å². The van der Waals surface area contributed by atoms with Crippen LogP contribution in [0.5, 0.6) is 0 Å². The second kappa shape index (κ2) is 8.68. The van der Waals surface area contributed by atoms with Gasteiger partial charge in [0.2, 0.25) is 10.0 Å². The molecule has 6 nitrogen and oxygen atoms in total. The summed E-state index contributed by atoms with van der Waals surface area (Å²) in [7, 11) is -3.18. The number of nitrogens with zero attached hydrogens (tertiary/aromatic N) is 1. The van der Waals surface area contributed by atoms with E-state index < -0.39 is 10.0 Å². The van der Waals surface area contributed by atoms with Crippen molar-refractivity contribution in [1.82, 2.24) is 14.9 Å². The van der Waals surface area contributed by atoms with Crippen molar-refractivity contribution in [3.05, 3.63) is 12.2 Å². The Morgan fingerprint density at radius 3 is 2.61 bits per heavy atom. The molecule has 1 fully saturated rings. The number of amides is 2. The smallest absolute Gasteiger partial charge is 0.314 e. The summed E-state index contributed by atoms with van der Waals surface area (Å²) < 4.78 is 24.8. The zero-order valence-corrected chi connectivity index (χ0v) is 14.8. The van der Waals surface area contributed by atoms with Crippen molar-refractivity contribution in [1.29, 1.82) is 0 Å². The fourth-order valence-electron chi connectivity index (χ4n) is 3.40. The number of sulfonamides is 1. The molecule has 2 amide bonds. The van der Waals surface area contributed by atoms with Crippen LogP contribution in [0.2, 0.25) is 0 Å². The fraction of sp³-hybridized carbons (Fsp3) is 0.812. The molecule has 0 aromatic carbocycles. The minimum absolute atomic E-state index is 0.109. The molecule has 2 N–H and O–H groups in total. The number of hydrogen-bond acceptors (Lipinski definition) is 3. The summed E-state index contributed by atoms with van der Waals surface area (Å²) >= 11 is 0. The van der Waals surface area contributed by atoms with Crippen molar-refractivity contribution in [2.45, 2.75) is 51.0 Å². The number of rotatable bonds is 5. The Bertz CT molecular complexity index is 519. The number of nitrogens with one attached hydrogen (secondary N) is 2. The lowest BCUT2D eigenvalue weighted by Crippen LogP contribution is -2.46. The van der Waals surface area contributed by atoms with Gasteiger partial charge in [-0.05, 0) is 50.9 Å². The molecule has 1 aliphatic carbocycles. The van der Waals surface area contributed by atoms with Gasteiger partial charge >= 0.3 is 6.03 Å².